The van der Waals surface area contributed by atoms with Crippen molar-refractivity contribution in [1.82, 2.24) is 4.90 Å². The first-order valence-electron chi connectivity index (χ1n) is 9.17. The summed E-state index contributed by atoms with van der Waals surface area (Å²) in [5.41, 5.74) is 1.15. The molecule has 1 heterocycles. The van der Waals surface area contributed by atoms with Gasteiger partial charge in [-0.1, -0.05) is 37.6 Å². The minimum Gasteiger partial charge on any atom is -0.489 e. The summed E-state index contributed by atoms with van der Waals surface area (Å²) in [7, 11) is 0. The molecule has 0 saturated heterocycles. The third kappa shape index (κ3) is 3.46. The number of rotatable bonds is 7. The van der Waals surface area contributed by atoms with Gasteiger partial charge in [0.05, 0.1) is 18.6 Å². The molecule has 3 rings (SSSR count). The van der Waals surface area contributed by atoms with Gasteiger partial charge in [0.15, 0.2) is 0 Å². The van der Waals surface area contributed by atoms with E-state index in [1.165, 1.54) is 0 Å². The van der Waals surface area contributed by atoms with Crippen molar-refractivity contribution in [3.05, 3.63) is 41.5 Å². The third-order valence-corrected chi connectivity index (χ3v) is 5.14. The SMILES string of the molecule is CCCCC(=O)N(CCO)C1C=C(C(=O)O)C2c3ccccc3OC2C1. The summed E-state index contributed by atoms with van der Waals surface area (Å²) in [6.45, 7) is 2.06. The second kappa shape index (κ2) is 7.91. The molecule has 6 nitrogen and oxygen atoms in total. The summed E-state index contributed by atoms with van der Waals surface area (Å²) in [6.07, 6.45) is 3.97. The molecule has 26 heavy (non-hydrogen) atoms. The van der Waals surface area contributed by atoms with Crippen LogP contribution < -0.4 is 4.74 Å². The molecule has 6 heteroatoms. The highest BCUT2D eigenvalue weighted by Gasteiger charge is 2.44. The molecule has 1 aromatic carbocycles. The van der Waals surface area contributed by atoms with Gasteiger partial charge >= 0.3 is 5.97 Å². The number of ether oxygens (including phenoxy) is 1. The van der Waals surface area contributed by atoms with Crippen molar-refractivity contribution in [1.29, 1.82) is 0 Å². The van der Waals surface area contributed by atoms with E-state index in [0.29, 0.717) is 18.6 Å². The van der Waals surface area contributed by atoms with E-state index in [9.17, 15) is 19.8 Å². The van der Waals surface area contributed by atoms with Crippen molar-refractivity contribution in [2.24, 2.45) is 0 Å². The lowest BCUT2D eigenvalue weighted by atomic mass is 9.79. The number of amides is 1. The fraction of sp³-hybridized carbons (Fsp3) is 0.500. The average molecular weight is 359 g/mol. The number of aliphatic hydroxyl groups is 1. The Bertz CT molecular complexity index is 714. The van der Waals surface area contributed by atoms with Gasteiger partial charge in [-0.25, -0.2) is 4.79 Å². The highest BCUT2D eigenvalue weighted by atomic mass is 16.5. The van der Waals surface area contributed by atoms with Gasteiger partial charge in [-0.05, 0) is 12.5 Å². The molecule has 2 N–H and O–H groups in total. The largest absolute Gasteiger partial charge is 0.489 e. The van der Waals surface area contributed by atoms with Crippen molar-refractivity contribution in [3.8, 4) is 5.75 Å². The molecule has 3 unspecified atom stereocenters. The van der Waals surface area contributed by atoms with Crippen molar-refractivity contribution in [2.45, 2.75) is 50.7 Å². The Hall–Kier alpha value is -2.34. The van der Waals surface area contributed by atoms with E-state index in [2.05, 4.69) is 0 Å². The fourth-order valence-electron chi connectivity index (χ4n) is 3.92. The predicted octanol–water partition coefficient (Wildman–Crippen LogP) is 2.33. The Labute approximate surface area is 153 Å². The van der Waals surface area contributed by atoms with Gasteiger partial charge in [0.2, 0.25) is 5.91 Å². The Morgan fingerprint density at radius 1 is 1.31 bits per heavy atom. The molecule has 1 aromatic rings. The number of nitrogens with zero attached hydrogens (tertiary/aromatic N) is 1. The number of benzene rings is 1. The molecule has 3 atom stereocenters. The van der Waals surface area contributed by atoms with Gasteiger partial charge in [0.25, 0.3) is 0 Å². The van der Waals surface area contributed by atoms with E-state index in [-0.39, 0.29) is 42.7 Å². The number of hydrogen-bond acceptors (Lipinski definition) is 4. The van der Waals surface area contributed by atoms with Gasteiger partial charge in [-0.2, -0.15) is 0 Å². The molecular weight excluding hydrogens is 334 g/mol. The van der Waals surface area contributed by atoms with Gasteiger partial charge in [-0.3, -0.25) is 4.79 Å². The van der Waals surface area contributed by atoms with Gasteiger partial charge in [0.1, 0.15) is 11.9 Å². The van der Waals surface area contributed by atoms with Crippen molar-refractivity contribution < 1.29 is 24.5 Å². The summed E-state index contributed by atoms with van der Waals surface area (Å²) in [4.78, 5) is 26.1. The van der Waals surface area contributed by atoms with Crippen LogP contribution in [-0.2, 0) is 9.59 Å². The molecule has 0 radical (unpaired) electrons. The van der Waals surface area contributed by atoms with E-state index in [1.807, 2.05) is 31.2 Å². The second-order valence-corrected chi connectivity index (χ2v) is 6.82. The Morgan fingerprint density at radius 3 is 2.77 bits per heavy atom. The second-order valence-electron chi connectivity index (χ2n) is 6.82. The molecule has 140 valence electrons. The number of aliphatic carboxylic acids is 1. The first kappa shape index (κ1) is 18.5. The zero-order valence-corrected chi connectivity index (χ0v) is 14.9. The number of hydrogen-bond donors (Lipinski definition) is 2. The monoisotopic (exact) mass is 359 g/mol. The lowest BCUT2D eigenvalue weighted by molar-refractivity contribution is -0.136. The Kier molecular flexibility index (Phi) is 5.61. The molecule has 0 bridgehead atoms. The molecule has 1 aliphatic heterocycles. The lowest BCUT2D eigenvalue weighted by Gasteiger charge is -2.36. The van der Waals surface area contributed by atoms with Crippen LogP contribution in [0.1, 0.15) is 44.1 Å². The summed E-state index contributed by atoms with van der Waals surface area (Å²) in [6, 6.07) is 7.11. The summed E-state index contributed by atoms with van der Waals surface area (Å²) in [5.74, 6) is -0.654. The maximum absolute atomic E-state index is 12.6. The van der Waals surface area contributed by atoms with Crippen LogP contribution in [-0.4, -0.2) is 52.3 Å². The zero-order chi connectivity index (χ0) is 18.7. The molecular formula is C20H25NO5. The molecule has 0 aromatic heterocycles. The first-order valence-corrected chi connectivity index (χ1v) is 9.17. The van der Waals surface area contributed by atoms with Crippen molar-refractivity contribution in [2.75, 3.05) is 13.2 Å². The Morgan fingerprint density at radius 2 is 2.08 bits per heavy atom. The fourth-order valence-corrected chi connectivity index (χ4v) is 3.92. The lowest BCUT2D eigenvalue weighted by Crippen LogP contribution is -2.46. The number of carboxylic acids is 1. The van der Waals surface area contributed by atoms with Crippen LogP contribution in [0.25, 0.3) is 0 Å². The van der Waals surface area contributed by atoms with Crippen molar-refractivity contribution in [3.63, 3.8) is 0 Å². The molecule has 1 aliphatic carbocycles. The predicted molar refractivity (Wildman–Crippen MR) is 96.0 cm³/mol. The van der Waals surface area contributed by atoms with E-state index >= 15 is 0 Å². The number of carbonyl (C=O) groups is 2. The van der Waals surface area contributed by atoms with E-state index < -0.39 is 5.97 Å². The highest BCUT2D eigenvalue weighted by molar-refractivity contribution is 5.90. The number of para-hydroxylation sites is 1. The number of carbonyl (C=O) groups excluding carboxylic acids is 1. The highest BCUT2D eigenvalue weighted by Crippen LogP contribution is 2.46. The average Bonchev–Trinajstić information content (AvgIpc) is 3.01. The summed E-state index contributed by atoms with van der Waals surface area (Å²) >= 11 is 0. The van der Waals surface area contributed by atoms with E-state index in [0.717, 1.165) is 18.4 Å². The standard InChI is InChI=1S/C20H25NO5/c1-2-3-8-18(23)21(9-10-22)13-11-15(20(24)25)19-14-6-4-5-7-16(14)26-17(19)12-13/h4-7,11,13,17,19,22H,2-3,8-10,12H2,1H3,(H,24,25). The van der Waals surface area contributed by atoms with Gasteiger partial charge in [-0.15, -0.1) is 0 Å². The molecule has 0 fully saturated rings. The summed E-state index contributed by atoms with van der Waals surface area (Å²) < 4.78 is 6.01. The number of carboxylic acid groups (broad SMARTS) is 1. The third-order valence-electron chi connectivity index (χ3n) is 5.14. The van der Waals surface area contributed by atoms with Crippen LogP contribution in [0.3, 0.4) is 0 Å². The molecule has 2 aliphatic rings. The zero-order valence-electron chi connectivity index (χ0n) is 14.9. The van der Waals surface area contributed by atoms with Crippen LogP contribution in [0.15, 0.2) is 35.9 Å². The topological polar surface area (TPSA) is 87.1 Å². The summed E-state index contributed by atoms with van der Waals surface area (Å²) in [5, 5.41) is 19.1. The first-order chi connectivity index (χ1) is 12.6. The molecule has 0 spiro atoms. The number of fused-ring (bicyclic) bond motifs is 3. The minimum atomic E-state index is -0.991. The van der Waals surface area contributed by atoms with Crippen LogP contribution in [0.5, 0.6) is 5.75 Å². The number of aliphatic hydroxyl groups excluding tert-OH is 1. The maximum atomic E-state index is 12.6. The number of unbranched alkanes of at least 4 members (excludes halogenated alkanes) is 1. The van der Waals surface area contributed by atoms with Gasteiger partial charge in [0, 0.05) is 30.5 Å². The Balaban J connectivity index is 1.91. The van der Waals surface area contributed by atoms with Crippen molar-refractivity contribution >= 4 is 11.9 Å². The quantitative estimate of drug-likeness (QED) is 0.780. The molecule has 0 saturated carbocycles. The molecule has 1 amide bonds. The van der Waals surface area contributed by atoms with E-state index in [1.54, 1.807) is 11.0 Å². The van der Waals surface area contributed by atoms with Gasteiger partial charge < -0.3 is 19.8 Å². The van der Waals surface area contributed by atoms with Crippen LogP contribution in [0.2, 0.25) is 0 Å². The van der Waals surface area contributed by atoms with Crippen LogP contribution in [0, 0.1) is 0 Å². The van der Waals surface area contributed by atoms with Crippen LogP contribution >= 0.6 is 0 Å². The smallest absolute Gasteiger partial charge is 0.332 e. The van der Waals surface area contributed by atoms with E-state index in [4.69, 9.17) is 4.74 Å². The normalized spacial score (nSPS) is 23.5. The minimum absolute atomic E-state index is 0.0548. The van der Waals surface area contributed by atoms with Crippen LogP contribution in [0.4, 0.5) is 0 Å². The maximum Gasteiger partial charge on any atom is 0.332 e.